The van der Waals surface area contributed by atoms with Gasteiger partial charge in [-0.2, -0.15) is 0 Å². The zero-order chi connectivity index (χ0) is 25.3. The van der Waals surface area contributed by atoms with Crippen LogP contribution in [-0.2, 0) is 9.53 Å². The van der Waals surface area contributed by atoms with Crippen LogP contribution in [0.15, 0.2) is 48.5 Å². The largest absolute Gasteiger partial charge is 0.494 e. The second kappa shape index (κ2) is 16.6. The highest BCUT2D eigenvalue weighted by molar-refractivity contribution is 5.94. The Morgan fingerprint density at radius 2 is 1.49 bits per heavy atom. The average Bonchev–Trinajstić information content (AvgIpc) is 2.89. The van der Waals surface area contributed by atoms with Crippen LogP contribution in [0.25, 0.3) is 0 Å². The number of unbranched alkanes of at least 4 members (excludes halogenated alkanes) is 5. The molecule has 0 saturated heterocycles. The van der Waals surface area contributed by atoms with E-state index in [9.17, 15) is 9.59 Å². The van der Waals surface area contributed by atoms with Gasteiger partial charge >= 0.3 is 5.97 Å². The zero-order valence-electron chi connectivity index (χ0n) is 21.5. The number of benzene rings is 2. The molecule has 0 spiro atoms. The van der Waals surface area contributed by atoms with Gasteiger partial charge in [0, 0.05) is 12.1 Å². The molecule has 0 radical (unpaired) electrons. The SMILES string of the molecule is CCCCCCC(Oc1ccc(OCCCCC)cc1)c1ccc(C(=O)NCCC(=O)OC)cc1. The van der Waals surface area contributed by atoms with Crippen molar-refractivity contribution in [2.75, 3.05) is 20.3 Å². The molecule has 1 amide bonds. The predicted molar refractivity (Wildman–Crippen MR) is 139 cm³/mol. The van der Waals surface area contributed by atoms with Crippen molar-refractivity contribution in [3.63, 3.8) is 0 Å². The summed E-state index contributed by atoms with van der Waals surface area (Å²) in [5.74, 6) is 1.10. The molecule has 0 aromatic heterocycles. The lowest BCUT2D eigenvalue weighted by Crippen LogP contribution is -2.26. The summed E-state index contributed by atoms with van der Waals surface area (Å²) in [6.45, 7) is 5.36. The molecule has 192 valence electrons. The number of esters is 1. The van der Waals surface area contributed by atoms with Crippen LogP contribution < -0.4 is 14.8 Å². The smallest absolute Gasteiger partial charge is 0.307 e. The molecule has 2 aromatic carbocycles. The lowest BCUT2D eigenvalue weighted by atomic mass is 10.0. The van der Waals surface area contributed by atoms with Crippen molar-refractivity contribution in [2.45, 2.75) is 77.7 Å². The number of carbonyl (C=O) groups is 2. The Morgan fingerprint density at radius 1 is 0.829 bits per heavy atom. The van der Waals surface area contributed by atoms with Gasteiger partial charge in [0.05, 0.1) is 20.1 Å². The highest BCUT2D eigenvalue weighted by Crippen LogP contribution is 2.28. The quantitative estimate of drug-likeness (QED) is 0.202. The van der Waals surface area contributed by atoms with E-state index in [1.54, 1.807) is 12.1 Å². The third-order valence-electron chi connectivity index (χ3n) is 5.83. The predicted octanol–water partition coefficient (Wildman–Crippen LogP) is 6.64. The van der Waals surface area contributed by atoms with Gasteiger partial charge in [0.25, 0.3) is 5.91 Å². The molecular weight excluding hydrogens is 442 g/mol. The van der Waals surface area contributed by atoms with E-state index in [2.05, 4.69) is 23.9 Å². The first-order valence-corrected chi connectivity index (χ1v) is 12.9. The zero-order valence-corrected chi connectivity index (χ0v) is 21.5. The summed E-state index contributed by atoms with van der Waals surface area (Å²) in [4.78, 5) is 23.6. The highest BCUT2D eigenvalue weighted by Gasteiger charge is 2.15. The van der Waals surface area contributed by atoms with Crippen molar-refractivity contribution in [3.8, 4) is 11.5 Å². The van der Waals surface area contributed by atoms with Crippen LogP contribution in [0.1, 0.15) is 93.7 Å². The van der Waals surface area contributed by atoms with Crippen molar-refractivity contribution in [2.24, 2.45) is 0 Å². The summed E-state index contributed by atoms with van der Waals surface area (Å²) in [7, 11) is 1.33. The molecule has 0 fully saturated rings. The van der Waals surface area contributed by atoms with Crippen LogP contribution in [0.5, 0.6) is 11.5 Å². The molecule has 0 aliphatic rings. The Bertz CT molecular complexity index is 864. The third-order valence-corrected chi connectivity index (χ3v) is 5.83. The van der Waals surface area contributed by atoms with Crippen LogP contribution in [-0.4, -0.2) is 32.1 Å². The molecule has 1 unspecified atom stereocenters. The van der Waals surface area contributed by atoms with Crippen molar-refractivity contribution in [3.05, 3.63) is 59.7 Å². The number of carbonyl (C=O) groups excluding carboxylic acids is 2. The van der Waals surface area contributed by atoms with E-state index in [1.165, 1.54) is 39.2 Å². The molecule has 1 N–H and O–H groups in total. The fraction of sp³-hybridized carbons (Fsp3) is 0.517. The van der Waals surface area contributed by atoms with Gasteiger partial charge in [-0.15, -0.1) is 0 Å². The summed E-state index contributed by atoms with van der Waals surface area (Å²) in [6, 6.07) is 15.3. The van der Waals surface area contributed by atoms with Gasteiger partial charge in [-0.25, -0.2) is 0 Å². The van der Waals surface area contributed by atoms with E-state index < -0.39 is 0 Å². The standard InChI is InChI=1S/C29H41NO5/c1-4-6-8-9-11-27(35-26-18-16-25(17-19-26)34-22-10-7-5-2)23-12-14-24(15-13-23)29(32)30-21-20-28(31)33-3/h12-19,27H,4-11,20-22H2,1-3H3,(H,30,32). The topological polar surface area (TPSA) is 73.9 Å². The molecule has 2 aromatic rings. The summed E-state index contributed by atoms with van der Waals surface area (Å²) in [6.07, 6.45) is 9.01. The third kappa shape index (κ3) is 10.8. The molecule has 0 saturated carbocycles. The van der Waals surface area contributed by atoms with Crippen molar-refractivity contribution >= 4 is 11.9 Å². The number of rotatable bonds is 17. The lowest BCUT2D eigenvalue weighted by molar-refractivity contribution is -0.140. The van der Waals surface area contributed by atoms with Crippen molar-refractivity contribution < 1.29 is 23.8 Å². The molecule has 0 aliphatic heterocycles. The Labute approximate surface area is 210 Å². The number of amides is 1. The Morgan fingerprint density at radius 3 is 2.14 bits per heavy atom. The van der Waals surface area contributed by atoms with Gasteiger partial charge in [-0.05, 0) is 61.2 Å². The minimum absolute atomic E-state index is 0.0976. The summed E-state index contributed by atoms with van der Waals surface area (Å²) in [5, 5.41) is 2.74. The van der Waals surface area contributed by atoms with Gasteiger partial charge in [0.2, 0.25) is 0 Å². The Hall–Kier alpha value is -3.02. The molecule has 1 atom stereocenters. The number of hydrogen-bond acceptors (Lipinski definition) is 5. The van der Waals surface area contributed by atoms with Gasteiger partial charge in [-0.3, -0.25) is 9.59 Å². The molecule has 0 aliphatic carbocycles. The summed E-state index contributed by atoms with van der Waals surface area (Å²) in [5.41, 5.74) is 1.58. The minimum atomic E-state index is -0.347. The minimum Gasteiger partial charge on any atom is -0.494 e. The van der Waals surface area contributed by atoms with E-state index in [0.29, 0.717) is 5.56 Å². The first-order chi connectivity index (χ1) is 17.1. The van der Waals surface area contributed by atoms with Crippen molar-refractivity contribution in [1.82, 2.24) is 5.32 Å². The number of hydrogen-bond donors (Lipinski definition) is 1. The normalized spacial score (nSPS) is 11.5. The maximum Gasteiger partial charge on any atom is 0.307 e. The molecule has 2 rings (SSSR count). The van der Waals surface area contributed by atoms with E-state index >= 15 is 0 Å². The second-order valence-electron chi connectivity index (χ2n) is 8.69. The monoisotopic (exact) mass is 483 g/mol. The van der Waals surface area contributed by atoms with E-state index in [0.717, 1.165) is 42.9 Å². The Kier molecular flexibility index (Phi) is 13.4. The van der Waals surface area contributed by atoms with Gasteiger partial charge < -0.3 is 19.5 Å². The maximum absolute atomic E-state index is 12.4. The fourth-order valence-corrected chi connectivity index (χ4v) is 3.70. The van der Waals surface area contributed by atoms with Crippen molar-refractivity contribution in [1.29, 1.82) is 0 Å². The molecule has 35 heavy (non-hydrogen) atoms. The number of nitrogens with one attached hydrogen (secondary N) is 1. The molecular formula is C29H41NO5. The first kappa shape index (κ1) is 28.2. The average molecular weight is 484 g/mol. The Balaban J connectivity index is 2.00. The number of ether oxygens (including phenoxy) is 3. The lowest BCUT2D eigenvalue weighted by Gasteiger charge is -2.20. The molecule has 6 nitrogen and oxygen atoms in total. The van der Waals surface area contributed by atoms with Gasteiger partial charge in [0.1, 0.15) is 17.6 Å². The summed E-state index contributed by atoms with van der Waals surface area (Å²) < 4.78 is 16.8. The summed E-state index contributed by atoms with van der Waals surface area (Å²) >= 11 is 0. The van der Waals surface area contributed by atoms with Gasteiger partial charge in [-0.1, -0.05) is 58.1 Å². The van der Waals surface area contributed by atoms with E-state index in [4.69, 9.17) is 9.47 Å². The highest BCUT2D eigenvalue weighted by atomic mass is 16.5. The fourth-order valence-electron chi connectivity index (χ4n) is 3.70. The molecule has 0 heterocycles. The van der Waals surface area contributed by atoms with Crippen LogP contribution >= 0.6 is 0 Å². The van der Waals surface area contributed by atoms with Crippen LogP contribution in [0.4, 0.5) is 0 Å². The van der Waals surface area contributed by atoms with E-state index in [1.807, 2.05) is 36.4 Å². The molecule has 6 heteroatoms. The molecule has 0 bridgehead atoms. The van der Waals surface area contributed by atoms with Crippen LogP contribution in [0.2, 0.25) is 0 Å². The first-order valence-electron chi connectivity index (χ1n) is 12.9. The number of methoxy groups -OCH3 is 1. The maximum atomic E-state index is 12.4. The van der Waals surface area contributed by atoms with Crippen LogP contribution in [0.3, 0.4) is 0 Å². The second-order valence-corrected chi connectivity index (χ2v) is 8.69. The van der Waals surface area contributed by atoms with Crippen LogP contribution in [0, 0.1) is 0 Å². The van der Waals surface area contributed by atoms with E-state index in [-0.39, 0.29) is 30.9 Å². The van der Waals surface area contributed by atoms with Gasteiger partial charge in [0.15, 0.2) is 0 Å².